The zero-order chi connectivity index (χ0) is 12.1. The van der Waals surface area contributed by atoms with E-state index in [4.69, 9.17) is 4.42 Å². The van der Waals surface area contributed by atoms with Crippen LogP contribution in [0.4, 0.5) is 0 Å². The third kappa shape index (κ3) is 4.14. The lowest BCUT2D eigenvalue weighted by atomic mass is 10.1. The van der Waals surface area contributed by atoms with Crippen molar-refractivity contribution in [2.24, 2.45) is 0 Å². The number of rotatable bonds is 5. The molecule has 5 nitrogen and oxygen atoms in total. The predicted molar refractivity (Wildman–Crippen MR) is 65.0 cm³/mol. The first-order valence-electron chi connectivity index (χ1n) is 5.87. The summed E-state index contributed by atoms with van der Waals surface area (Å²) in [6, 6.07) is 1.84. The van der Waals surface area contributed by atoms with Crippen LogP contribution in [-0.2, 0) is 16.6 Å². The number of piperidine rings is 1. The molecule has 1 aromatic heterocycles. The molecule has 1 atom stereocenters. The second-order valence-corrected chi connectivity index (χ2v) is 6.23. The average Bonchev–Trinajstić information content (AvgIpc) is 2.80. The van der Waals surface area contributed by atoms with E-state index in [-0.39, 0.29) is 11.8 Å². The maximum Gasteiger partial charge on any atom is 0.213 e. The molecule has 0 spiro atoms. The minimum absolute atomic E-state index is 0.0885. The summed E-state index contributed by atoms with van der Waals surface area (Å²) in [5.41, 5.74) is 0.838. The normalized spacial score (nSPS) is 21.5. The number of hydrogen-bond donors (Lipinski definition) is 2. The number of hydrogen-bond acceptors (Lipinski definition) is 4. The van der Waals surface area contributed by atoms with Crippen molar-refractivity contribution < 1.29 is 12.8 Å². The van der Waals surface area contributed by atoms with Crippen LogP contribution in [0.2, 0.25) is 0 Å². The van der Waals surface area contributed by atoms with Crippen LogP contribution in [0.5, 0.6) is 0 Å². The Kier molecular flexibility index (Phi) is 4.20. The Morgan fingerprint density at radius 1 is 1.47 bits per heavy atom. The van der Waals surface area contributed by atoms with Gasteiger partial charge in [0, 0.05) is 18.2 Å². The van der Waals surface area contributed by atoms with Crippen molar-refractivity contribution in [3.63, 3.8) is 0 Å². The second kappa shape index (κ2) is 5.66. The molecule has 2 N–H and O–H groups in total. The summed E-state index contributed by atoms with van der Waals surface area (Å²) in [6.07, 6.45) is 6.26. The van der Waals surface area contributed by atoms with Crippen LogP contribution in [0.25, 0.3) is 0 Å². The standard InChI is InChI=1S/C11H18N2O3S/c14-17(15,9-11-3-1-2-5-12-11)13-7-10-4-6-16-8-10/h4,6,8,11-13H,1-3,5,7,9H2. The Morgan fingerprint density at radius 2 is 2.35 bits per heavy atom. The zero-order valence-corrected chi connectivity index (χ0v) is 10.5. The predicted octanol–water partition coefficient (Wildman–Crippen LogP) is 0.841. The third-order valence-corrected chi connectivity index (χ3v) is 4.33. The van der Waals surface area contributed by atoms with Gasteiger partial charge in [-0.15, -0.1) is 0 Å². The maximum atomic E-state index is 11.8. The van der Waals surface area contributed by atoms with Gasteiger partial charge in [0.2, 0.25) is 10.0 Å². The number of furan rings is 1. The highest BCUT2D eigenvalue weighted by Gasteiger charge is 2.20. The van der Waals surface area contributed by atoms with E-state index < -0.39 is 10.0 Å². The van der Waals surface area contributed by atoms with E-state index in [1.807, 2.05) is 0 Å². The molecule has 17 heavy (non-hydrogen) atoms. The van der Waals surface area contributed by atoms with Crippen molar-refractivity contribution >= 4 is 10.0 Å². The van der Waals surface area contributed by atoms with Crippen LogP contribution in [0.3, 0.4) is 0 Å². The molecule has 6 heteroatoms. The molecule has 0 aliphatic carbocycles. The van der Waals surface area contributed by atoms with Gasteiger partial charge in [0.05, 0.1) is 18.3 Å². The molecule has 96 valence electrons. The van der Waals surface area contributed by atoms with Gasteiger partial charge in [-0.2, -0.15) is 0 Å². The van der Waals surface area contributed by atoms with Crippen molar-refractivity contribution in [2.45, 2.75) is 31.8 Å². The molecular formula is C11H18N2O3S. The lowest BCUT2D eigenvalue weighted by Gasteiger charge is -2.23. The van der Waals surface area contributed by atoms with Crippen LogP contribution in [0.1, 0.15) is 24.8 Å². The molecule has 1 aliphatic heterocycles. The lowest BCUT2D eigenvalue weighted by molar-refractivity contribution is 0.422. The maximum absolute atomic E-state index is 11.8. The van der Waals surface area contributed by atoms with Crippen LogP contribution < -0.4 is 10.0 Å². The minimum Gasteiger partial charge on any atom is -0.472 e. The Morgan fingerprint density at radius 3 is 3.00 bits per heavy atom. The van der Waals surface area contributed by atoms with Crippen LogP contribution in [0.15, 0.2) is 23.0 Å². The second-order valence-electron chi connectivity index (χ2n) is 4.38. The molecule has 0 bridgehead atoms. The fourth-order valence-corrected chi connectivity index (χ4v) is 3.30. The van der Waals surface area contributed by atoms with Crippen LogP contribution >= 0.6 is 0 Å². The molecule has 2 rings (SSSR count). The summed E-state index contributed by atoms with van der Waals surface area (Å²) in [4.78, 5) is 0. The molecule has 1 fully saturated rings. The molecule has 0 aromatic carbocycles. The van der Waals surface area contributed by atoms with Crippen LogP contribution in [0, 0.1) is 0 Å². The number of nitrogens with one attached hydrogen (secondary N) is 2. The molecule has 1 aliphatic rings. The Bertz CT molecular complexity index is 422. The van der Waals surface area contributed by atoms with Gasteiger partial charge in [0.1, 0.15) is 0 Å². The highest BCUT2D eigenvalue weighted by Crippen LogP contribution is 2.09. The SMILES string of the molecule is O=S(=O)(CC1CCCCN1)NCc1ccoc1. The first-order chi connectivity index (χ1) is 8.16. The molecule has 0 amide bonds. The van der Waals surface area contributed by atoms with Gasteiger partial charge in [0.15, 0.2) is 0 Å². The summed E-state index contributed by atoms with van der Waals surface area (Å²) < 4.78 is 31.1. The quantitative estimate of drug-likeness (QED) is 0.821. The van der Waals surface area contributed by atoms with Gasteiger partial charge >= 0.3 is 0 Å². The smallest absolute Gasteiger partial charge is 0.213 e. The fraction of sp³-hybridized carbons (Fsp3) is 0.636. The molecule has 1 saturated heterocycles. The zero-order valence-electron chi connectivity index (χ0n) is 9.69. The van der Waals surface area contributed by atoms with Gasteiger partial charge in [-0.3, -0.25) is 0 Å². The van der Waals surface area contributed by atoms with Crippen molar-refractivity contribution in [3.8, 4) is 0 Å². The van der Waals surface area contributed by atoms with E-state index in [0.29, 0.717) is 6.54 Å². The molecule has 0 saturated carbocycles. The molecule has 0 radical (unpaired) electrons. The summed E-state index contributed by atoms with van der Waals surface area (Å²) in [7, 11) is -3.21. The molecular weight excluding hydrogens is 240 g/mol. The summed E-state index contributed by atoms with van der Waals surface area (Å²) >= 11 is 0. The largest absolute Gasteiger partial charge is 0.472 e. The molecule has 2 heterocycles. The van der Waals surface area contributed by atoms with Gasteiger partial charge in [-0.05, 0) is 25.5 Å². The Balaban J connectivity index is 1.81. The van der Waals surface area contributed by atoms with Crippen LogP contribution in [-0.4, -0.2) is 26.8 Å². The van der Waals surface area contributed by atoms with Crippen molar-refractivity contribution in [2.75, 3.05) is 12.3 Å². The van der Waals surface area contributed by atoms with E-state index >= 15 is 0 Å². The minimum atomic E-state index is -3.21. The van der Waals surface area contributed by atoms with Gasteiger partial charge in [0.25, 0.3) is 0 Å². The van der Waals surface area contributed by atoms with Gasteiger partial charge in [-0.25, -0.2) is 13.1 Å². The summed E-state index contributed by atoms with van der Waals surface area (Å²) in [6.45, 7) is 1.22. The van der Waals surface area contributed by atoms with Crippen molar-refractivity contribution in [1.29, 1.82) is 0 Å². The fourth-order valence-electron chi connectivity index (χ4n) is 1.98. The lowest BCUT2D eigenvalue weighted by Crippen LogP contribution is -2.42. The molecule has 1 aromatic rings. The van der Waals surface area contributed by atoms with E-state index in [1.54, 1.807) is 12.3 Å². The Hall–Kier alpha value is -0.850. The first-order valence-corrected chi connectivity index (χ1v) is 7.53. The molecule has 1 unspecified atom stereocenters. The summed E-state index contributed by atoms with van der Waals surface area (Å²) in [5.74, 6) is 0.158. The topological polar surface area (TPSA) is 71.3 Å². The van der Waals surface area contributed by atoms with Gasteiger partial charge < -0.3 is 9.73 Å². The van der Waals surface area contributed by atoms with E-state index in [0.717, 1.165) is 31.4 Å². The highest BCUT2D eigenvalue weighted by molar-refractivity contribution is 7.89. The van der Waals surface area contributed by atoms with Crippen molar-refractivity contribution in [3.05, 3.63) is 24.2 Å². The Labute approximate surface area is 102 Å². The summed E-state index contributed by atoms with van der Waals surface area (Å²) in [5, 5.41) is 3.23. The number of sulfonamides is 1. The highest BCUT2D eigenvalue weighted by atomic mass is 32.2. The van der Waals surface area contributed by atoms with Crippen molar-refractivity contribution in [1.82, 2.24) is 10.0 Å². The monoisotopic (exact) mass is 258 g/mol. The third-order valence-electron chi connectivity index (χ3n) is 2.91. The first kappa shape index (κ1) is 12.6. The van der Waals surface area contributed by atoms with E-state index in [2.05, 4.69) is 10.0 Å². The average molecular weight is 258 g/mol. The van der Waals surface area contributed by atoms with Gasteiger partial charge in [-0.1, -0.05) is 6.42 Å². The van der Waals surface area contributed by atoms with E-state index in [1.165, 1.54) is 6.26 Å². The van der Waals surface area contributed by atoms with E-state index in [9.17, 15) is 8.42 Å².